The molecule has 3 rings (SSSR count). The molecule has 0 amide bonds. The Bertz CT molecular complexity index is 772. The van der Waals surface area contributed by atoms with Crippen LogP contribution in [0.15, 0.2) is 48.5 Å². The lowest BCUT2D eigenvalue weighted by Crippen LogP contribution is -2.01. The summed E-state index contributed by atoms with van der Waals surface area (Å²) in [6.07, 6.45) is 0. The minimum atomic E-state index is 0.477. The SMILES string of the molecule is Clc1cccc(-c2nnc(CBr)n2-c2ccccc2)c1Cl. The van der Waals surface area contributed by atoms with Crippen molar-refractivity contribution in [3.8, 4) is 17.1 Å². The van der Waals surface area contributed by atoms with E-state index in [0.717, 1.165) is 17.1 Å². The van der Waals surface area contributed by atoms with E-state index >= 15 is 0 Å². The third kappa shape index (κ3) is 2.71. The highest BCUT2D eigenvalue weighted by Crippen LogP contribution is 2.34. The van der Waals surface area contributed by atoms with Gasteiger partial charge in [0.15, 0.2) is 5.82 Å². The zero-order chi connectivity index (χ0) is 14.8. The first-order chi connectivity index (χ1) is 10.2. The second-order valence-electron chi connectivity index (χ2n) is 4.35. The second-order valence-corrected chi connectivity index (χ2v) is 5.69. The molecule has 0 unspecified atom stereocenters. The molecule has 1 aromatic heterocycles. The minimum absolute atomic E-state index is 0.477. The minimum Gasteiger partial charge on any atom is -0.278 e. The first-order valence-corrected chi connectivity index (χ1v) is 8.10. The Balaban J connectivity index is 2.25. The lowest BCUT2D eigenvalue weighted by Gasteiger charge is -2.10. The standard InChI is InChI=1S/C15H10BrCl2N3/c16-9-13-19-20-15(11-7-4-8-12(17)14(11)18)21(13)10-5-2-1-3-6-10/h1-8H,9H2. The van der Waals surface area contributed by atoms with Crippen molar-refractivity contribution in [1.82, 2.24) is 14.8 Å². The van der Waals surface area contributed by atoms with Crippen LogP contribution in [0.4, 0.5) is 0 Å². The molecule has 0 radical (unpaired) electrons. The number of para-hydroxylation sites is 1. The van der Waals surface area contributed by atoms with Crippen LogP contribution < -0.4 is 0 Å². The number of aromatic nitrogens is 3. The van der Waals surface area contributed by atoms with Crippen LogP contribution in [0.2, 0.25) is 10.0 Å². The van der Waals surface area contributed by atoms with Crippen molar-refractivity contribution >= 4 is 39.1 Å². The highest BCUT2D eigenvalue weighted by molar-refractivity contribution is 9.08. The van der Waals surface area contributed by atoms with E-state index in [9.17, 15) is 0 Å². The molecule has 3 nitrogen and oxygen atoms in total. The normalized spacial score (nSPS) is 10.8. The first kappa shape index (κ1) is 14.6. The molecule has 0 bridgehead atoms. The average Bonchev–Trinajstić information content (AvgIpc) is 2.94. The molecule has 0 aliphatic rings. The molecule has 6 heteroatoms. The van der Waals surface area contributed by atoms with Gasteiger partial charge in [-0.25, -0.2) is 0 Å². The maximum Gasteiger partial charge on any atom is 0.170 e. The molecule has 0 fully saturated rings. The lowest BCUT2D eigenvalue weighted by molar-refractivity contribution is 0.962. The van der Waals surface area contributed by atoms with E-state index in [0.29, 0.717) is 21.2 Å². The third-order valence-corrected chi connectivity index (χ3v) is 4.38. The van der Waals surface area contributed by atoms with E-state index in [1.165, 1.54) is 0 Å². The zero-order valence-electron chi connectivity index (χ0n) is 10.8. The summed E-state index contributed by atoms with van der Waals surface area (Å²) in [5, 5.41) is 10.1. The number of hydrogen-bond donors (Lipinski definition) is 0. The third-order valence-electron chi connectivity index (χ3n) is 3.06. The van der Waals surface area contributed by atoms with Crippen molar-refractivity contribution in [2.24, 2.45) is 0 Å². The van der Waals surface area contributed by atoms with E-state index in [-0.39, 0.29) is 0 Å². The summed E-state index contributed by atoms with van der Waals surface area (Å²) in [5.74, 6) is 1.47. The fourth-order valence-corrected chi connectivity index (χ4v) is 2.85. The van der Waals surface area contributed by atoms with Gasteiger partial charge in [-0.3, -0.25) is 4.57 Å². The number of halogens is 3. The van der Waals surface area contributed by atoms with Gasteiger partial charge in [0, 0.05) is 11.3 Å². The van der Waals surface area contributed by atoms with Crippen molar-refractivity contribution < 1.29 is 0 Å². The Morgan fingerprint density at radius 1 is 0.952 bits per heavy atom. The van der Waals surface area contributed by atoms with Gasteiger partial charge in [-0.15, -0.1) is 10.2 Å². The van der Waals surface area contributed by atoms with Gasteiger partial charge >= 0.3 is 0 Å². The Morgan fingerprint density at radius 2 is 1.71 bits per heavy atom. The smallest absolute Gasteiger partial charge is 0.170 e. The van der Waals surface area contributed by atoms with Gasteiger partial charge in [-0.05, 0) is 24.3 Å². The monoisotopic (exact) mass is 381 g/mol. The quantitative estimate of drug-likeness (QED) is 0.587. The molecule has 0 spiro atoms. The second kappa shape index (κ2) is 6.18. The van der Waals surface area contributed by atoms with Crippen LogP contribution in [0.3, 0.4) is 0 Å². The Morgan fingerprint density at radius 3 is 2.43 bits per heavy atom. The molecule has 0 aliphatic carbocycles. The molecule has 1 heterocycles. The van der Waals surface area contributed by atoms with E-state index in [1.54, 1.807) is 6.07 Å². The van der Waals surface area contributed by atoms with Gasteiger partial charge in [-0.1, -0.05) is 63.4 Å². The van der Waals surface area contributed by atoms with Crippen LogP contribution in [-0.4, -0.2) is 14.8 Å². The summed E-state index contributed by atoms with van der Waals surface area (Å²) in [4.78, 5) is 0. The molecule has 0 N–H and O–H groups in total. The van der Waals surface area contributed by atoms with Gasteiger partial charge in [-0.2, -0.15) is 0 Å². The van der Waals surface area contributed by atoms with Crippen LogP contribution in [0.25, 0.3) is 17.1 Å². The first-order valence-electron chi connectivity index (χ1n) is 6.22. The van der Waals surface area contributed by atoms with E-state index in [1.807, 2.05) is 47.0 Å². The van der Waals surface area contributed by atoms with Gasteiger partial charge in [0.05, 0.1) is 15.4 Å². The van der Waals surface area contributed by atoms with Gasteiger partial charge in [0.2, 0.25) is 0 Å². The fourth-order valence-electron chi connectivity index (χ4n) is 2.10. The lowest BCUT2D eigenvalue weighted by atomic mass is 10.2. The van der Waals surface area contributed by atoms with Crippen molar-refractivity contribution in [2.45, 2.75) is 5.33 Å². The molecule has 0 atom stereocenters. The molecule has 3 aromatic rings. The molecule has 21 heavy (non-hydrogen) atoms. The van der Waals surface area contributed by atoms with Crippen LogP contribution in [-0.2, 0) is 5.33 Å². The van der Waals surface area contributed by atoms with Gasteiger partial charge < -0.3 is 0 Å². The summed E-state index contributed by atoms with van der Waals surface area (Å²) in [7, 11) is 0. The van der Waals surface area contributed by atoms with E-state index < -0.39 is 0 Å². The van der Waals surface area contributed by atoms with Gasteiger partial charge in [0.1, 0.15) is 5.82 Å². The van der Waals surface area contributed by atoms with Crippen molar-refractivity contribution in [1.29, 1.82) is 0 Å². The van der Waals surface area contributed by atoms with Crippen LogP contribution in [0.5, 0.6) is 0 Å². The molecule has 2 aromatic carbocycles. The molecular weight excluding hydrogens is 373 g/mol. The molecular formula is C15H10BrCl2N3. The summed E-state index contributed by atoms with van der Waals surface area (Å²) >= 11 is 15.9. The van der Waals surface area contributed by atoms with Crippen LogP contribution >= 0.6 is 39.1 Å². The van der Waals surface area contributed by atoms with Crippen molar-refractivity contribution in [3.63, 3.8) is 0 Å². The predicted octanol–water partition coefficient (Wildman–Crippen LogP) is 5.14. The Kier molecular flexibility index (Phi) is 4.29. The largest absolute Gasteiger partial charge is 0.278 e. The maximum absolute atomic E-state index is 6.31. The zero-order valence-corrected chi connectivity index (χ0v) is 13.9. The fraction of sp³-hybridized carbons (Fsp3) is 0.0667. The number of benzene rings is 2. The highest BCUT2D eigenvalue weighted by Gasteiger charge is 2.17. The summed E-state index contributed by atoms with van der Waals surface area (Å²) in [6, 6.07) is 15.4. The summed E-state index contributed by atoms with van der Waals surface area (Å²) in [5.41, 5.74) is 1.73. The van der Waals surface area contributed by atoms with E-state index in [2.05, 4.69) is 26.1 Å². The van der Waals surface area contributed by atoms with Gasteiger partial charge in [0.25, 0.3) is 0 Å². The van der Waals surface area contributed by atoms with Crippen molar-refractivity contribution in [2.75, 3.05) is 0 Å². The summed E-state index contributed by atoms with van der Waals surface area (Å²) < 4.78 is 1.96. The molecule has 106 valence electrons. The summed E-state index contributed by atoms with van der Waals surface area (Å²) in [6.45, 7) is 0. The Labute approximate surface area is 140 Å². The average molecular weight is 383 g/mol. The highest BCUT2D eigenvalue weighted by atomic mass is 79.9. The molecule has 0 saturated heterocycles. The molecule has 0 saturated carbocycles. The number of hydrogen-bond acceptors (Lipinski definition) is 2. The molecule has 0 aliphatic heterocycles. The Hall–Kier alpha value is -1.36. The maximum atomic E-state index is 6.31. The topological polar surface area (TPSA) is 30.7 Å². The van der Waals surface area contributed by atoms with Crippen molar-refractivity contribution in [3.05, 3.63) is 64.4 Å². The number of nitrogens with zero attached hydrogens (tertiary/aromatic N) is 3. The predicted molar refractivity (Wildman–Crippen MR) is 89.4 cm³/mol. The van der Waals surface area contributed by atoms with Crippen LogP contribution in [0.1, 0.15) is 5.82 Å². The number of alkyl halides is 1. The van der Waals surface area contributed by atoms with Crippen LogP contribution in [0, 0.1) is 0 Å². The van der Waals surface area contributed by atoms with E-state index in [4.69, 9.17) is 23.2 Å². The number of rotatable bonds is 3.